The van der Waals surface area contributed by atoms with E-state index in [-0.39, 0.29) is 12.7 Å². The Balaban J connectivity index is 2.01. The molecular formula is C11H19NO3. The number of hydrogen-bond donors (Lipinski definition) is 1. The van der Waals surface area contributed by atoms with Gasteiger partial charge in [-0.15, -0.1) is 0 Å². The Hall–Kier alpha value is -0.770. The molecular weight excluding hydrogens is 194 g/mol. The molecule has 4 nitrogen and oxygen atoms in total. The second kappa shape index (κ2) is 4.00. The maximum Gasteiger partial charge on any atom is 0.410 e. The van der Waals surface area contributed by atoms with Crippen LogP contribution >= 0.6 is 0 Å². The molecule has 1 aliphatic heterocycles. The van der Waals surface area contributed by atoms with Gasteiger partial charge in [0.05, 0.1) is 13.2 Å². The quantitative estimate of drug-likeness (QED) is 0.756. The summed E-state index contributed by atoms with van der Waals surface area (Å²) in [6.45, 7) is 2.22. The molecule has 86 valence electrons. The summed E-state index contributed by atoms with van der Waals surface area (Å²) in [5.74, 6) is 0. The smallest absolute Gasteiger partial charge is 0.410 e. The summed E-state index contributed by atoms with van der Waals surface area (Å²) in [6.07, 6.45) is 5.58. The predicted molar refractivity (Wildman–Crippen MR) is 55.6 cm³/mol. The normalized spacial score (nSPS) is 33.2. The zero-order chi connectivity index (χ0) is 10.9. The number of rotatable bonds is 2. The molecule has 1 saturated carbocycles. The van der Waals surface area contributed by atoms with E-state index in [1.54, 1.807) is 11.8 Å². The Labute approximate surface area is 90.2 Å². The van der Waals surface area contributed by atoms with Gasteiger partial charge in [-0.3, -0.25) is 0 Å². The van der Waals surface area contributed by atoms with Gasteiger partial charge in [0.15, 0.2) is 5.60 Å². The maximum atomic E-state index is 11.6. The zero-order valence-electron chi connectivity index (χ0n) is 9.24. The van der Waals surface area contributed by atoms with E-state index in [1.165, 1.54) is 19.3 Å². The van der Waals surface area contributed by atoms with Crippen molar-refractivity contribution in [2.45, 2.75) is 50.7 Å². The van der Waals surface area contributed by atoms with Crippen molar-refractivity contribution < 1.29 is 14.6 Å². The van der Waals surface area contributed by atoms with Crippen molar-refractivity contribution in [1.82, 2.24) is 4.90 Å². The minimum Gasteiger partial charge on any atom is -0.439 e. The third kappa shape index (κ3) is 2.09. The van der Waals surface area contributed by atoms with Crippen molar-refractivity contribution in [2.75, 3.05) is 13.2 Å². The van der Waals surface area contributed by atoms with Crippen molar-refractivity contribution in [3.63, 3.8) is 0 Å². The summed E-state index contributed by atoms with van der Waals surface area (Å²) in [4.78, 5) is 13.4. The van der Waals surface area contributed by atoms with Crippen molar-refractivity contribution in [2.24, 2.45) is 0 Å². The van der Waals surface area contributed by atoms with Gasteiger partial charge in [-0.2, -0.15) is 0 Å². The lowest BCUT2D eigenvalue weighted by molar-refractivity contribution is 0.0218. The van der Waals surface area contributed by atoms with Crippen LogP contribution in [0.1, 0.15) is 39.0 Å². The highest BCUT2D eigenvalue weighted by Crippen LogP contribution is 2.30. The first-order valence-corrected chi connectivity index (χ1v) is 5.75. The van der Waals surface area contributed by atoms with E-state index in [2.05, 4.69) is 0 Å². The first-order chi connectivity index (χ1) is 7.14. The highest BCUT2D eigenvalue weighted by atomic mass is 16.6. The number of amides is 1. The fourth-order valence-electron chi connectivity index (χ4n) is 2.48. The first kappa shape index (κ1) is 10.7. The van der Waals surface area contributed by atoms with Crippen LogP contribution in [-0.4, -0.2) is 40.9 Å². The lowest BCUT2D eigenvalue weighted by atomic mass is 9.94. The molecule has 1 N–H and O–H groups in total. The van der Waals surface area contributed by atoms with E-state index in [0.29, 0.717) is 12.6 Å². The van der Waals surface area contributed by atoms with Crippen LogP contribution < -0.4 is 0 Å². The van der Waals surface area contributed by atoms with E-state index in [1.807, 2.05) is 0 Å². The van der Waals surface area contributed by atoms with Crippen LogP contribution in [0, 0.1) is 0 Å². The molecule has 0 spiro atoms. The van der Waals surface area contributed by atoms with Crippen LogP contribution in [0.15, 0.2) is 0 Å². The van der Waals surface area contributed by atoms with Crippen LogP contribution in [0.25, 0.3) is 0 Å². The molecule has 1 amide bonds. The fraction of sp³-hybridized carbons (Fsp3) is 0.909. The average Bonchev–Trinajstić information content (AvgIpc) is 2.57. The summed E-state index contributed by atoms with van der Waals surface area (Å²) < 4.78 is 5.20. The Bertz CT molecular complexity index is 250. The molecule has 1 atom stereocenters. The fourth-order valence-corrected chi connectivity index (χ4v) is 2.48. The number of hydrogen-bond acceptors (Lipinski definition) is 3. The SMILES string of the molecule is CC1(CO)CN(C2CCCCC2)C(=O)O1. The van der Waals surface area contributed by atoms with E-state index < -0.39 is 5.60 Å². The largest absolute Gasteiger partial charge is 0.439 e. The van der Waals surface area contributed by atoms with Crippen LogP contribution in [0.5, 0.6) is 0 Å². The third-order valence-corrected chi connectivity index (χ3v) is 3.42. The zero-order valence-corrected chi connectivity index (χ0v) is 9.24. The summed E-state index contributed by atoms with van der Waals surface area (Å²) in [5, 5.41) is 9.16. The highest BCUT2D eigenvalue weighted by Gasteiger charge is 2.43. The van der Waals surface area contributed by atoms with Crippen molar-refractivity contribution in [1.29, 1.82) is 0 Å². The number of carbonyl (C=O) groups is 1. The lowest BCUT2D eigenvalue weighted by Gasteiger charge is -2.29. The van der Waals surface area contributed by atoms with Gasteiger partial charge < -0.3 is 14.7 Å². The second-order valence-electron chi connectivity index (χ2n) is 4.90. The van der Waals surface area contributed by atoms with E-state index in [0.717, 1.165) is 12.8 Å². The number of carbonyl (C=O) groups excluding carboxylic acids is 1. The van der Waals surface area contributed by atoms with E-state index >= 15 is 0 Å². The van der Waals surface area contributed by atoms with Crippen molar-refractivity contribution >= 4 is 6.09 Å². The predicted octanol–water partition coefficient (Wildman–Crippen LogP) is 1.52. The van der Waals surface area contributed by atoms with E-state index in [4.69, 9.17) is 9.84 Å². The molecule has 0 aromatic carbocycles. The Morgan fingerprint density at radius 3 is 2.67 bits per heavy atom. The number of nitrogens with zero attached hydrogens (tertiary/aromatic N) is 1. The van der Waals surface area contributed by atoms with Gasteiger partial charge in [0.2, 0.25) is 0 Å². The minimum atomic E-state index is -0.686. The molecule has 0 bridgehead atoms. The molecule has 0 aromatic rings. The molecule has 1 unspecified atom stereocenters. The highest BCUT2D eigenvalue weighted by molar-refractivity contribution is 5.71. The van der Waals surface area contributed by atoms with Crippen LogP contribution in [0.3, 0.4) is 0 Å². The minimum absolute atomic E-state index is 0.0953. The molecule has 2 aliphatic rings. The van der Waals surface area contributed by atoms with Gasteiger partial charge in [0, 0.05) is 6.04 Å². The summed E-state index contributed by atoms with van der Waals surface area (Å²) in [7, 11) is 0. The van der Waals surface area contributed by atoms with Crippen molar-refractivity contribution in [3.05, 3.63) is 0 Å². The Morgan fingerprint density at radius 1 is 1.47 bits per heavy atom. The number of ether oxygens (including phenoxy) is 1. The van der Waals surface area contributed by atoms with Gasteiger partial charge in [0.25, 0.3) is 0 Å². The average molecular weight is 213 g/mol. The third-order valence-electron chi connectivity index (χ3n) is 3.42. The first-order valence-electron chi connectivity index (χ1n) is 5.75. The molecule has 2 rings (SSSR count). The second-order valence-corrected chi connectivity index (χ2v) is 4.90. The Kier molecular flexibility index (Phi) is 2.87. The van der Waals surface area contributed by atoms with Gasteiger partial charge in [-0.25, -0.2) is 4.79 Å². The van der Waals surface area contributed by atoms with Crippen LogP contribution in [-0.2, 0) is 4.74 Å². The van der Waals surface area contributed by atoms with Crippen molar-refractivity contribution in [3.8, 4) is 0 Å². The standard InChI is InChI=1S/C11H19NO3/c1-11(8-13)7-12(10(14)15-11)9-5-3-2-4-6-9/h9,13H,2-8H2,1H3. The van der Waals surface area contributed by atoms with Crippen LogP contribution in [0.4, 0.5) is 4.79 Å². The molecule has 4 heteroatoms. The Morgan fingerprint density at radius 2 is 2.13 bits per heavy atom. The summed E-state index contributed by atoms with van der Waals surface area (Å²) >= 11 is 0. The summed E-state index contributed by atoms with van der Waals surface area (Å²) in [5.41, 5.74) is -0.686. The molecule has 0 radical (unpaired) electrons. The molecule has 0 aromatic heterocycles. The number of aliphatic hydroxyl groups excluding tert-OH is 1. The molecule has 1 saturated heterocycles. The monoisotopic (exact) mass is 213 g/mol. The maximum absolute atomic E-state index is 11.6. The molecule has 1 aliphatic carbocycles. The lowest BCUT2D eigenvalue weighted by Crippen LogP contribution is -2.40. The van der Waals surface area contributed by atoms with Crippen LogP contribution in [0.2, 0.25) is 0 Å². The topological polar surface area (TPSA) is 49.8 Å². The molecule has 2 fully saturated rings. The molecule has 15 heavy (non-hydrogen) atoms. The number of aliphatic hydroxyl groups is 1. The summed E-state index contributed by atoms with van der Waals surface area (Å²) in [6, 6.07) is 0.333. The van der Waals surface area contributed by atoms with Gasteiger partial charge in [-0.1, -0.05) is 19.3 Å². The van der Waals surface area contributed by atoms with Gasteiger partial charge in [-0.05, 0) is 19.8 Å². The number of cyclic esters (lactones) is 1. The molecule has 1 heterocycles. The van der Waals surface area contributed by atoms with Gasteiger partial charge in [0.1, 0.15) is 0 Å². The van der Waals surface area contributed by atoms with Gasteiger partial charge >= 0.3 is 6.09 Å². The van der Waals surface area contributed by atoms with E-state index in [9.17, 15) is 4.79 Å².